The van der Waals surface area contributed by atoms with Gasteiger partial charge < -0.3 is 14.7 Å². The summed E-state index contributed by atoms with van der Waals surface area (Å²) in [6.07, 6.45) is 3.70. The number of carbonyl (C=O) groups is 1. The number of hydrogen-bond acceptors (Lipinski definition) is 3. The Labute approximate surface area is 165 Å². The zero-order valence-electron chi connectivity index (χ0n) is 13.5. The van der Waals surface area contributed by atoms with Gasteiger partial charge in [0.15, 0.2) is 0 Å². The molecule has 0 aliphatic carbocycles. The minimum atomic E-state index is -0.484. The number of hydrogen-bond donors (Lipinski definition) is 1. The first-order valence-electron chi connectivity index (χ1n) is 7.82. The second-order valence-electron chi connectivity index (χ2n) is 5.83. The van der Waals surface area contributed by atoms with Crippen molar-refractivity contribution < 1.29 is 47.3 Å². The molecule has 23 heavy (non-hydrogen) atoms. The molecule has 121 valence electrons. The average molecular weight is 389 g/mol. The Hall–Kier alpha value is -0.381. The fourth-order valence-corrected chi connectivity index (χ4v) is 2.94. The van der Waals surface area contributed by atoms with Gasteiger partial charge in [0.25, 0.3) is 0 Å². The first-order chi connectivity index (χ1) is 10.6. The molecule has 1 fully saturated rings. The predicted molar refractivity (Wildman–Crippen MR) is 86.4 cm³/mol. The number of aliphatic hydroxyl groups excluding tert-OH is 1. The first kappa shape index (κ1) is 20.7. The molecule has 0 spiro atoms. The molecule has 4 nitrogen and oxygen atoms in total. The van der Waals surface area contributed by atoms with Gasteiger partial charge >= 0.3 is 0 Å². The van der Waals surface area contributed by atoms with E-state index in [-0.39, 0.29) is 51.0 Å². The quantitative estimate of drug-likeness (QED) is 0.576. The molecule has 1 N–H and O–H groups in total. The van der Waals surface area contributed by atoms with E-state index < -0.39 is 6.10 Å². The maximum Gasteiger partial charge on any atom is 0.223 e. The number of rotatable bonds is 7. The van der Waals surface area contributed by atoms with Crippen molar-refractivity contribution in [2.45, 2.75) is 57.1 Å². The van der Waals surface area contributed by atoms with Crippen LogP contribution in [0.25, 0.3) is 0 Å². The van der Waals surface area contributed by atoms with Crippen molar-refractivity contribution in [1.29, 1.82) is 0 Å². The SMILES string of the molecule is [B]CC(O)CCC1CCCC(=O)N1Cc1cccc(O[CH2-])c1.[Y]. The molecular weight excluding hydrogens is 366 g/mol. The second kappa shape index (κ2) is 10.5. The number of nitrogens with zero attached hydrogens (tertiary/aromatic N) is 1. The molecule has 0 saturated carbocycles. The minimum Gasteiger partial charge on any atom is -0.665 e. The molecule has 1 aromatic rings. The summed E-state index contributed by atoms with van der Waals surface area (Å²) in [6, 6.07) is 7.80. The minimum absolute atomic E-state index is 0. The maximum atomic E-state index is 12.3. The van der Waals surface area contributed by atoms with Crippen LogP contribution in [-0.4, -0.2) is 35.9 Å². The van der Waals surface area contributed by atoms with E-state index in [1.165, 1.54) is 0 Å². The number of amides is 1. The Morgan fingerprint density at radius 1 is 1.48 bits per heavy atom. The number of carbonyl (C=O) groups excluding carboxylic acids is 1. The molecule has 1 aliphatic heterocycles. The van der Waals surface area contributed by atoms with E-state index in [4.69, 9.17) is 12.6 Å². The van der Waals surface area contributed by atoms with Crippen molar-refractivity contribution in [1.82, 2.24) is 4.90 Å². The average Bonchev–Trinajstić information content (AvgIpc) is 2.55. The van der Waals surface area contributed by atoms with Crippen LogP contribution in [0.15, 0.2) is 24.3 Å². The Bertz CT molecular complexity index is 500. The van der Waals surface area contributed by atoms with Crippen LogP contribution in [0.3, 0.4) is 0 Å². The largest absolute Gasteiger partial charge is 0.665 e. The Morgan fingerprint density at radius 3 is 2.96 bits per heavy atom. The van der Waals surface area contributed by atoms with Gasteiger partial charge in [0.05, 0.1) is 13.6 Å². The molecule has 1 aromatic carbocycles. The summed E-state index contributed by atoms with van der Waals surface area (Å²) >= 11 is 0. The van der Waals surface area contributed by atoms with Crippen molar-refractivity contribution >= 4 is 13.8 Å². The zero-order valence-corrected chi connectivity index (χ0v) is 16.3. The van der Waals surface area contributed by atoms with Crippen LogP contribution >= 0.6 is 0 Å². The van der Waals surface area contributed by atoms with Crippen LogP contribution in [0.5, 0.6) is 5.75 Å². The normalized spacial score (nSPS) is 19.1. The molecule has 1 aliphatic rings. The van der Waals surface area contributed by atoms with Crippen LogP contribution in [0.2, 0.25) is 6.32 Å². The van der Waals surface area contributed by atoms with Gasteiger partial charge in [0, 0.05) is 57.8 Å². The first-order valence-corrected chi connectivity index (χ1v) is 7.82. The monoisotopic (exact) mass is 389 g/mol. The third kappa shape index (κ3) is 6.21. The molecule has 0 aromatic heterocycles. The van der Waals surface area contributed by atoms with Gasteiger partial charge in [-0.3, -0.25) is 4.79 Å². The number of likely N-dealkylation sites (tertiary alicyclic amines) is 1. The van der Waals surface area contributed by atoms with E-state index in [0.717, 1.165) is 24.8 Å². The Morgan fingerprint density at radius 2 is 2.26 bits per heavy atom. The standard InChI is InChI=1S/C17H23BNO3.Y/c1-22-16-6-2-4-13(10-16)12-19-14(5-3-7-17(19)21)8-9-15(20)11-18;/h2,4,6,10,14-15,20H,1,3,5,7-9,11-12H2;/q-1;. The zero-order chi connectivity index (χ0) is 15.9. The molecular formula is C17H23BNO3Y-. The molecule has 3 radical (unpaired) electrons. The summed E-state index contributed by atoms with van der Waals surface area (Å²) in [5, 5.41) is 9.65. The summed E-state index contributed by atoms with van der Waals surface area (Å²) in [7, 11) is 8.87. The van der Waals surface area contributed by atoms with Gasteiger partial charge in [0.1, 0.15) is 0 Å². The van der Waals surface area contributed by atoms with E-state index >= 15 is 0 Å². The maximum absolute atomic E-state index is 12.3. The van der Waals surface area contributed by atoms with Crippen molar-refractivity contribution in [2.75, 3.05) is 0 Å². The molecule has 2 rings (SSSR count). The third-order valence-corrected chi connectivity index (χ3v) is 4.21. The molecule has 2 atom stereocenters. The van der Waals surface area contributed by atoms with Crippen LogP contribution < -0.4 is 4.74 Å². The number of aliphatic hydroxyl groups is 1. The van der Waals surface area contributed by atoms with Gasteiger partial charge in [-0.25, -0.2) is 0 Å². The number of ether oxygens (including phenoxy) is 1. The fraction of sp³-hybridized carbons (Fsp3) is 0.529. The van der Waals surface area contributed by atoms with Crippen LogP contribution in [0.4, 0.5) is 0 Å². The van der Waals surface area contributed by atoms with Gasteiger partial charge in [-0.15, -0.1) is 0 Å². The third-order valence-electron chi connectivity index (χ3n) is 4.21. The second-order valence-corrected chi connectivity index (χ2v) is 5.83. The molecule has 0 bridgehead atoms. The van der Waals surface area contributed by atoms with Crippen molar-refractivity contribution in [3.63, 3.8) is 0 Å². The summed E-state index contributed by atoms with van der Waals surface area (Å²) in [6.45, 7) is 0.569. The predicted octanol–water partition coefficient (Wildman–Crippen LogP) is 2.46. The van der Waals surface area contributed by atoms with Crippen LogP contribution in [-0.2, 0) is 44.0 Å². The number of benzene rings is 1. The fourth-order valence-electron chi connectivity index (χ4n) is 2.94. The van der Waals surface area contributed by atoms with Gasteiger partial charge in [-0.2, -0.15) is 7.11 Å². The summed E-state index contributed by atoms with van der Waals surface area (Å²) in [5.41, 5.74) is 1.03. The smallest absolute Gasteiger partial charge is 0.223 e. The Kier molecular flexibility index (Phi) is 9.41. The van der Waals surface area contributed by atoms with Crippen LogP contribution in [0, 0.1) is 7.11 Å². The van der Waals surface area contributed by atoms with Crippen molar-refractivity contribution in [2.24, 2.45) is 0 Å². The van der Waals surface area contributed by atoms with E-state index in [1.54, 1.807) is 0 Å². The molecule has 1 saturated heterocycles. The summed E-state index contributed by atoms with van der Waals surface area (Å²) in [5.74, 6) is 0.872. The molecule has 1 amide bonds. The Balaban J connectivity index is 0.00000264. The molecule has 1 heterocycles. The van der Waals surface area contributed by atoms with E-state index in [1.807, 2.05) is 29.2 Å². The summed E-state index contributed by atoms with van der Waals surface area (Å²) in [4.78, 5) is 14.2. The molecule has 2 unspecified atom stereocenters. The van der Waals surface area contributed by atoms with Gasteiger partial charge in [0.2, 0.25) is 5.91 Å². The molecule has 6 heteroatoms. The van der Waals surface area contributed by atoms with E-state index in [0.29, 0.717) is 25.1 Å². The van der Waals surface area contributed by atoms with Gasteiger partial charge in [-0.05, 0) is 43.4 Å². The topological polar surface area (TPSA) is 49.8 Å². The van der Waals surface area contributed by atoms with E-state index in [2.05, 4.69) is 7.11 Å². The van der Waals surface area contributed by atoms with Crippen molar-refractivity contribution in [3.05, 3.63) is 36.9 Å². The summed E-state index contributed by atoms with van der Waals surface area (Å²) < 4.78 is 4.99. The number of piperidine rings is 1. The van der Waals surface area contributed by atoms with Crippen LogP contribution in [0.1, 0.15) is 37.7 Å². The van der Waals surface area contributed by atoms with Gasteiger partial charge in [-0.1, -0.05) is 18.5 Å². The van der Waals surface area contributed by atoms with Crippen molar-refractivity contribution in [3.8, 4) is 5.75 Å². The van der Waals surface area contributed by atoms with E-state index in [9.17, 15) is 9.90 Å².